The summed E-state index contributed by atoms with van der Waals surface area (Å²) in [5.41, 5.74) is 7.94. The van der Waals surface area contributed by atoms with E-state index in [-0.39, 0.29) is 5.97 Å². The van der Waals surface area contributed by atoms with Gasteiger partial charge < -0.3 is 10.5 Å². The summed E-state index contributed by atoms with van der Waals surface area (Å²) in [6.07, 6.45) is 1.01. The van der Waals surface area contributed by atoms with Crippen molar-refractivity contribution in [3.63, 3.8) is 0 Å². The molecule has 0 unspecified atom stereocenters. The topological polar surface area (TPSA) is 55.6 Å². The minimum absolute atomic E-state index is 0.161. The molecule has 0 radical (unpaired) electrons. The molecule has 0 aliphatic rings. The summed E-state index contributed by atoms with van der Waals surface area (Å²) in [5.74, 6) is -0.161. The first-order chi connectivity index (χ1) is 9.19. The SMILES string of the molecule is CCCN(CC(=O)OCC)Cc1cccc(CN)c1. The molecular formula is C15H24N2O2. The second kappa shape index (κ2) is 8.67. The third kappa shape index (κ3) is 5.85. The van der Waals surface area contributed by atoms with E-state index in [1.807, 2.05) is 19.1 Å². The minimum Gasteiger partial charge on any atom is -0.465 e. The van der Waals surface area contributed by atoms with Gasteiger partial charge in [-0.25, -0.2) is 0 Å². The maximum absolute atomic E-state index is 11.6. The number of benzene rings is 1. The Bertz CT molecular complexity index is 393. The molecule has 4 heteroatoms. The minimum atomic E-state index is -0.161. The summed E-state index contributed by atoms with van der Waals surface area (Å²) in [6, 6.07) is 8.17. The molecule has 19 heavy (non-hydrogen) atoms. The summed E-state index contributed by atoms with van der Waals surface area (Å²) in [5, 5.41) is 0. The lowest BCUT2D eigenvalue weighted by molar-refractivity contribution is -0.144. The fourth-order valence-electron chi connectivity index (χ4n) is 2.03. The molecule has 0 aliphatic heterocycles. The van der Waals surface area contributed by atoms with Crippen LogP contribution >= 0.6 is 0 Å². The van der Waals surface area contributed by atoms with Crippen LogP contribution in [-0.2, 0) is 22.6 Å². The molecule has 0 amide bonds. The summed E-state index contributed by atoms with van der Waals surface area (Å²) in [7, 11) is 0. The lowest BCUT2D eigenvalue weighted by Gasteiger charge is -2.20. The maximum atomic E-state index is 11.6. The average Bonchev–Trinajstić information content (AvgIpc) is 2.39. The van der Waals surface area contributed by atoms with Gasteiger partial charge in [0, 0.05) is 13.1 Å². The second-order valence-electron chi connectivity index (χ2n) is 4.54. The predicted molar refractivity (Wildman–Crippen MR) is 76.5 cm³/mol. The normalized spacial score (nSPS) is 10.7. The van der Waals surface area contributed by atoms with Crippen molar-refractivity contribution in [3.05, 3.63) is 35.4 Å². The average molecular weight is 264 g/mol. The molecule has 2 N–H and O–H groups in total. The van der Waals surface area contributed by atoms with Crippen LogP contribution in [0.15, 0.2) is 24.3 Å². The van der Waals surface area contributed by atoms with Gasteiger partial charge in [0.25, 0.3) is 0 Å². The first-order valence-corrected chi connectivity index (χ1v) is 6.85. The standard InChI is InChI=1S/C15H24N2O2/c1-3-8-17(12-15(18)19-4-2)11-14-7-5-6-13(9-14)10-16/h5-7,9H,3-4,8,10-12,16H2,1-2H3. The smallest absolute Gasteiger partial charge is 0.320 e. The van der Waals surface area contributed by atoms with E-state index >= 15 is 0 Å². The van der Waals surface area contributed by atoms with Crippen LogP contribution in [0.1, 0.15) is 31.4 Å². The molecule has 106 valence electrons. The molecular weight excluding hydrogens is 240 g/mol. The number of carbonyl (C=O) groups is 1. The number of esters is 1. The number of hydrogen-bond donors (Lipinski definition) is 1. The molecule has 0 aliphatic carbocycles. The molecule has 4 nitrogen and oxygen atoms in total. The van der Waals surface area contributed by atoms with Gasteiger partial charge in [0.2, 0.25) is 0 Å². The molecule has 0 fully saturated rings. The lowest BCUT2D eigenvalue weighted by Crippen LogP contribution is -2.31. The van der Waals surface area contributed by atoms with Crippen LogP contribution in [-0.4, -0.2) is 30.6 Å². The van der Waals surface area contributed by atoms with Gasteiger partial charge in [-0.2, -0.15) is 0 Å². The van der Waals surface area contributed by atoms with Gasteiger partial charge in [0.05, 0.1) is 13.2 Å². The monoisotopic (exact) mass is 264 g/mol. The zero-order valence-electron chi connectivity index (χ0n) is 11.9. The molecule has 0 heterocycles. The zero-order chi connectivity index (χ0) is 14.1. The van der Waals surface area contributed by atoms with E-state index in [1.54, 1.807) is 0 Å². The van der Waals surface area contributed by atoms with Crippen LogP contribution < -0.4 is 5.73 Å². The Kier molecular flexibility index (Phi) is 7.15. The summed E-state index contributed by atoms with van der Waals surface area (Å²) in [6.45, 7) is 6.88. The van der Waals surface area contributed by atoms with Crippen LogP contribution in [0.4, 0.5) is 0 Å². The van der Waals surface area contributed by atoms with Crippen LogP contribution in [0.5, 0.6) is 0 Å². The highest BCUT2D eigenvalue weighted by Crippen LogP contribution is 2.08. The Labute approximate surface area is 115 Å². The Hall–Kier alpha value is -1.39. The quantitative estimate of drug-likeness (QED) is 0.729. The molecule has 1 rings (SSSR count). The van der Waals surface area contributed by atoms with Crippen molar-refractivity contribution in [2.45, 2.75) is 33.4 Å². The number of ether oxygens (including phenoxy) is 1. The molecule has 0 spiro atoms. The number of hydrogen-bond acceptors (Lipinski definition) is 4. The van der Waals surface area contributed by atoms with E-state index in [0.29, 0.717) is 19.7 Å². The number of rotatable bonds is 8. The van der Waals surface area contributed by atoms with E-state index in [9.17, 15) is 4.79 Å². The third-order valence-electron chi connectivity index (χ3n) is 2.83. The summed E-state index contributed by atoms with van der Waals surface area (Å²) in [4.78, 5) is 13.7. The number of carbonyl (C=O) groups excluding carboxylic acids is 1. The van der Waals surface area contributed by atoms with E-state index < -0.39 is 0 Å². The largest absolute Gasteiger partial charge is 0.465 e. The van der Waals surface area contributed by atoms with Crippen molar-refractivity contribution in [2.75, 3.05) is 19.7 Å². The Morgan fingerprint density at radius 1 is 1.32 bits per heavy atom. The van der Waals surface area contributed by atoms with Crippen molar-refractivity contribution < 1.29 is 9.53 Å². The predicted octanol–water partition coefficient (Wildman–Crippen LogP) is 1.92. The van der Waals surface area contributed by atoms with Gasteiger partial charge >= 0.3 is 5.97 Å². The Balaban J connectivity index is 2.63. The van der Waals surface area contributed by atoms with Gasteiger partial charge in [0.1, 0.15) is 0 Å². The van der Waals surface area contributed by atoms with Gasteiger partial charge in [-0.05, 0) is 31.0 Å². The fourth-order valence-corrected chi connectivity index (χ4v) is 2.03. The summed E-state index contributed by atoms with van der Waals surface area (Å²) >= 11 is 0. The second-order valence-corrected chi connectivity index (χ2v) is 4.54. The van der Waals surface area contributed by atoms with Crippen LogP contribution in [0.2, 0.25) is 0 Å². The van der Waals surface area contributed by atoms with Gasteiger partial charge in [-0.1, -0.05) is 31.2 Å². The molecule has 0 aromatic heterocycles. The highest BCUT2D eigenvalue weighted by atomic mass is 16.5. The zero-order valence-corrected chi connectivity index (χ0v) is 11.9. The van der Waals surface area contributed by atoms with Crippen LogP contribution in [0.25, 0.3) is 0 Å². The van der Waals surface area contributed by atoms with Crippen molar-refractivity contribution >= 4 is 5.97 Å². The van der Waals surface area contributed by atoms with E-state index in [1.165, 1.54) is 5.56 Å². The van der Waals surface area contributed by atoms with Crippen molar-refractivity contribution in [1.82, 2.24) is 4.90 Å². The first-order valence-electron chi connectivity index (χ1n) is 6.85. The van der Waals surface area contributed by atoms with E-state index in [2.05, 4.69) is 24.0 Å². The van der Waals surface area contributed by atoms with E-state index in [0.717, 1.165) is 25.1 Å². The molecule has 0 atom stereocenters. The van der Waals surface area contributed by atoms with Crippen molar-refractivity contribution in [1.29, 1.82) is 0 Å². The van der Waals surface area contributed by atoms with Crippen molar-refractivity contribution in [3.8, 4) is 0 Å². The first kappa shape index (κ1) is 15.7. The lowest BCUT2D eigenvalue weighted by atomic mass is 10.1. The van der Waals surface area contributed by atoms with Crippen LogP contribution in [0.3, 0.4) is 0 Å². The number of nitrogens with zero attached hydrogens (tertiary/aromatic N) is 1. The molecule has 0 saturated heterocycles. The number of nitrogens with two attached hydrogens (primary N) is 1. The van der Waals surface area contributed by atoms with E-state index in [4.69, 9.17) is 10.5 Å². The highest BCUT2D eigenvalue weighted by Gasteiger charge is 2.11. The van der Waals surface area contributed by atoms with Gasteiger partial charge in [-0.3, -0.25) is 9.69 Å². The van der Waals surface area contributed by atoms with Crippen LogP contribution in [0, 0.1) is 0 Å². The fraction of sp³-hybridized carbons (Fsp3) is 0.533. The van der Waals surface area contributed by atoms with Gasteiger partial charge in [-0.15, -0.1) is 0 Å². The molecule has 1 aromatic rings. The third-order valence-corrected chi connectivity index (χ3v) is 2.83. The molecule has 0 bridgehead atoms. The Morgan fingerprint density at radius 3 is 2.68 bits per heavy atom. The Morgan fingerprint density at radius 2 is 2.05 bits per heavy atom. The summed E-state index contributed by atoms with van der Waals surface area (Å²) < 4.78 is 5.00. The van der Waals surface area contributed by atoms with Crippen molar-refractivity contribution in [2.24, 2.45) is 5.73 Å². The molecule has 1 aromatic carbocycles. The highest BCUT2D eigenvalue weighted by molar-refractivity contribution is 5.71. The maximum Gasteiger partial charge on any atom is 0.320 e. The van der Waals surface area contributed by atoms with Gasteiger partial charge in [0.15, 0.2) is 0 Å². The molecule has 0 saturated carbocycles.